The summed E-state index contributed by atoms with van der Waals surface area (Å²) in [6.07, 6.45) is 3.36. The molecule has 0 nitrogen and oxygen atoms in total. The van der Waals surface area contributed by atoms with E-state index in [1.807, 2.05) is 0 Å². The molecular weight excluding hydrogens is 120 g/mol. The predicted octanol–water partition coefficient (Wildman–Crippen LogP) is 1.76. The molecule has 0 saturated heterocycles. The molecule has 6 rings (SSSR count). The Bertz CT molecular complexity index is 201. The maximum atomic E-state index is 1.68. The predicted molar refractivity (Wildman–Crippen MR) is 37.2 cm³/mol. The van der Waals surface area contributed by atoms with Crippen LogP contribution in [0.2, 0.25) is 0 Å². The molecule has 0 aliphatic heterocycles. The Balaban J connectivity index is 1.94. The van der Waals surface area contributed by atoms with Gasteiger partial charge in [-0.1, -0.05) is 0 Å². The molecule has 52 valence electrons. The molecule has 0 radical (unpaired) electrons. The van der Waals surface area contributed by atoms with Gasteiger partial charge in [-0.3, -0.25) is 0 Å². The van der Waals surface area contributed by atoms with Gasteiger partial charge in [0.15, 0.2) is 0 Å². The first kappa shape index (κ1) is 4.13. The second-order valence-corrected chi connectivity index (χ2v) is 5.44. The molecule has 6 aliphatic rings. The van der Waals surface area contributed by atoms with Crippen molar-refractivity contribution in [1.29, 1.82) is 0 Å². The highest BCUT2D eigenvalue weighted by Gasteiger charge is 2.83. The van der Waals surface area contributed by atoms with Gasteiger partial charge in [0.1, 0.15) is 0 Å². The molecule has 10 heavy (non-hydrogen) atoms. The smallest absolute Gasteiger partial charge is 0.0315 e. The van der Waals surface area contributed by atoms with Gasteiger partial charge in [-0.15, -0.1) is 0 Å². The van der Waals surface area contributed by atoms with Crippen molar-refractivity contribution in [3.63, 3.8) is 0 Å². The second kappa shape index (κ2) is 0.852. The minimum atomic E-state index is 1.27. The Hall–Kier alpha value is 0. The van der Waals surface area contributed by atoms with Crippen LogP contribution in [0.3, 0.4) is 0 Å². The minimum absolute atomic E-state index is 1.27. The first-order valence-electron chi connectivity index (χ1n) is 4.97. The van der Waals surface area contributed by atoms with E-state index in [4.69, 9.17) is 0 Å². The summed E-state index contributed by atoms with van der Waals surface area (Å²) in [7, 11) is 0. The van der Waals surface area contributed by atoms with Crippen LogP contribution in [0.15, 0.2) is 0 Å². The summed E-state index contributed by atoms with van der Waals surface area (Å²) in [6.45, 7) is 0. The zero-order valence-corrected chi connectivity index (χ0v) is 6.03. The van der Waals surface area contributed by atoms with E-state index in [1.54, 1.807) is 12.8 Å². The third-order valence-electron chi connectivity index (χ3n) is 5.94. The van der Waals surface area contributed by atoms with Crippen LogP contribution in [0.25, 0.3) is 0 Å². The lowest BCUT2D eigenvalue weighted by atomic mass is 9.41. The number of rotatable bonds is 0. The lowest BCUT2D eigenvalue weighted by Crippen LogP contribution is -2.60. The van der Waals surface area contributed by atoms with Gasteiger partial charge in [0.25, 0.3) is 0 Å². The van der Waals surface area contributed by atoms with Crippen LogP contribution in [-0.2, 0) is 0 Å². The van der Waals surface area contributed by atoms with Gasteiger partial charge in [-0.25, -0.2) is 0 Å². The fraction of sp³-hybridized carbons (Fsp3) is 1.00. The molecule has 0 heterocycles. The van der Waals surface area contributed by atoms with Gasteiger partial charge in [0.2, 0.25) is 0 Å². The molecule has 0 spiro atoms. The summed E-state index contributed by atoms with van der Waals surface area (Å²) in [5.41, 5.74) is 0. The largest absolute Gasteiger partial charge is 0.0465 e. The van der Waals surface area contributed by atoms with Crippen molar-refractivity contribution in [2.24, 2.45) is 47.3 Å². The second-order valence-electron chi connectivity index (χ2n) is 5.44. The standard InChI is InChI=1S/C10H12/c1-3-4-2-6-7(3)9-5(1)8(4)10(6)9/h3-10H,1-2H2/t3-,4+,5+,6-,7+,8-,9-,10-/m0/s1. The van der Waals surface area contributed by atoms with E-state index in [9.17, 15) is 0 Å². The molecule has 6 aliphatic carbocycles. The lowest BCUT2D eigenvalue weighted by molar-refractivity contribution is -0.169. The van der Waals surface area contributed by atoms with Crippen LogP contribution < -0.4 is 0 Å². The van der Waals surface area contributed by atoms with E-state index in [0.29, 0.717) is 0 Å². The van der Waals surface area contributed by atoms with Gasteiger partial charge in [0, 0.05) is 0 Å². The summed E-state index contributed by atoms with van der Waals surface area (Å²) in [4.78, 5) is 0. The summed E-state index contributed by atoms with van der Waals surface area (Å²) in [5.74, 6) is 10.3. The third kappa shape index (κ3) is 0.170. The Morgan fingerprint density at radius 3 is 1.40 bits per heavy atom. The van der Waals surface area contributed by atoms with Gasteiger partial charge >= 0.3 is 0 Å². The molecule has 6 fully saturated rings. The summed E-state index contributed by atoms with van der Waals surface area (Å²) >= 11 is 0. The van der Waals surface area contributed by atoms with Gasteiger partial charge in [-0.05, 0) is 60.2 Å². The molecule has 8 atom stereocenters. The zero-order chi connectivity index (χ0) is 6.03. The SMILES string of the molecule is C1[C@@H]2[C@@H]3[C@@H]4C[C@H]5[C@@H]([C@@H]14)[C@H]2[C@@H]53. The van der Waals surface area contributed by atoms with E-state index in [1.165, 1.54) is 47.3 Å². The Morgan fingerprint density at radius 1 is 0.500 bits per heavy atom. The Labute approximate surface area is 61.0 Å². The van der Waals surface area contributed by atoms with Crippen LogP contribution in [0.4, 0.5) is 0 Å². The van der Waals surface area contributed by atoms with Crippen molar-refractivity contribution in [3.05, 3.63) is 0 Å². The topological polar surface area (TPSA) is 0 Å². The fourth-order valence-electron chi connectivity index (χ4n) is 6.15. The Kier molecular flexibility index (Phi) is 0.352. The first-order chi connectivity index (χ1) is 4.97. The van der Waals surface area contributed by atoms with Crippen molar-refractivity contribution in [2.75, 3.05) is 0 Å². The molecular formula is C10H12. The van der Waals surface area contributed by atoms with E-state index >= 15 is 0 Å². The number of hydrogen-bond acceptors (Lipinski definition) is 0. The number of hydrogen-bond donors (Lipinski definition) is 0. The summed E-state index contributed by atoms with van der Waals surface area (Å²) < 4.78 is 0. The molecule has 0 aromatic heterocycles. The fourth-order valence-corrected chi connectivity index (χ4v) is 6.15. The zero-order valence-electron chi connectivity index (χ0n) is 6.03. The third-order valence-corrected chi connectivity index (χ3v) is 5.94. The highest BCUT2D eigenvalue weighted by molar-refractivity contribution is 5.30. The quantitative estimate of drug-likeness (QED) is 0.471. The van der Waals surface area contributed by atoms with Crippen LogP contribution in [0, 0.1) is 47.3 Å². The van der Waals surface area contributed by atoms with Crippen molar-refractivity contribution >= 4 is 0 Å². The lowest BCUT2D eigenvalue weighted by Gasteiger charge is -2.63. The van der Waals surface area contributed by atoms with E-state index < -0.39 is 0 Å². The van der Waals surface area contributed by atoms with E-state index in [0.717, 1.165) is 0 Å². The minimum Gasteiger partial charge on any atom is -0.0465 e. The van der Waals surface area contributed by atoms with E-state index in [-0.39, 0.29) is 0 Å². The highest BCUT2D eigenvalue weighted by Crippen LogP contribution is 2.88. The van der Waals surface area contributed by atoms with Crippen LogP contribution >= 0.6 is 0 Å². The maximum absolute atomic E-state index is 1.68. The van der Waals surface area contributed by atoms with Gasteiger partial charge in [-0.2, -0.15) is 0 Å². The first-order valence-corrected chi connectivity index (χ1v) is 4.97. The summed E-state index contributed by atoms with van der Waals surface area (Å²) in [5, 5.41) is 0. The molecule has 0 aromatic carbocycles. The molecule has 0 unspecified atom stereocenters. The van der Waals surface area contributed by atoms with E-state index in [2.05, 4.69) is 0 Å². The van der Waals surface area contributed by atoms with Crippen molar-refractivity contribution in [1.82, 2.24) is 0 Å². The van der Waals surface area contributed by atoms with Gasteiger partial charge in [0.05, 0.1) is 0 Å². The molecule has 0 amide bonds. The molecule has 6 saturated carbocycles. The van der Waals surface area contributed by atoms with Crippen LogP contribution in [0.1, 0.15) is 12.8 Å². The Morgan fingerprint density at radius 2 is 1.00 bits per heavy atom. The average Bonchev–Trinajstić information content (AvgIpc) is 2.32. The van der Waals surface area contributed by atoms with Crippen molar-refractivity contribution in [3.8, 4) is 0 Å². The average molecular weight is 132 g/mol. The monoisotopic (exact) mass is 132 g/mol. The van der Waals surface area contributed by atoms with Crippen LogP contribution in [0.5, 0.6) is 0 Å². The molecule has 4 bridgehead atoms. The normalized spacial score (nSPS) is 91.2. The van der Waals surface area contributed by atoms with Crippen molar-refractivity contribution < 1.29 is 0 Å². The molecule has 0 aromatic rings. The molecule has 0 heteroatoms. The maximum Gasteiger partial charge on any atom is -0.0315 e. The summed E-state index contributed by atoms with van der Waals surface area (Å²) in [6, 6.07) is 0. The highest BCUT2D eigenvalue weighted by atomic mass is 14.9. The van der Waals surface area contributed by atoms with Crippen molar-refractivity contribution in [2.45, 2.75) is 12.8 Å². The van der Waals surface area contributed by atoms with Crippen LogP contribution in [-0.4, -0.2) is 0 Å². The molecule has 0 N–H and O–H groups in total. The van der Waals surface area contributed by atoms with Gasteiger partial charge < -0.3 is 0 Å².